The Balaban J connectivity index is 2.23. The first-order valence-electron chi connectivity index (χ1n) is 5.95. The monoisotopic (exact) mass is 327 g/mol. The number of carbonyl (C=O) groups excluding carboxylic acids is 2. The van der Waals surface area contributed by atoms with Gasteiger partial charge in [-0.2, -0.15) is 0 Å². The molecule has 1 aromatic rings. The Morgan fingerprint density at radius 2 is 2.00 bits per heavy atom. The van der Waals surface area contributed by atoms with Crippen molar-refractivity contribution in [2.45, 2.75) is 13.0 Å². The Kier molecular flexibility index (Phi) is 6.35. The predicted octanol–water partition coefficient (Wildman–Crippen LogP) is 1.73. The normalized spacial score (nSPS) is 9.84. The van der Waals surface area contributed by atoms with E-state index >= 15 is 0 Å². The standard InChI is InChI=1S/C13H18BrN3O2/c1-17(2)12(18)6-7-15-13(19)16-9-10-4-3-5-11(14)8-10/h3-5,8H,6-7,9H2,1-2H3,(H2,15,16,19). The van der Waals surface area contributed by atoms with Gasteiger partial charge in [0.15, 0.2) is 0 Å². The van der Waals surface area contributed by atoms with Gasteiger partial charge in [-0.15, -0.1) is 0 Å². The second-order valence-corrected chi connectivity index (χ2v) is 5.19. The lowest BCUT2D eigenvalue weighted by Crippen LogP contribution is -2.37. The number of hydrogen-bond acceptors (Lipinski definition) is 2. The highest BCUT2D eigenvalue weighted by molar-refractivity contribution is 9.10. The zero-order valence-corrected chi connectivity index (χ0v) is 12.7. The fourth-order valence-corrected chi connectivity index (χ4v) is 1.84. The molecule has 0 spiro atoms. The average Bonchev–Trinajstić information content (AvgIpc) is 2.36. The number of benzene rings is 1. The van der Waals surface area contributed by atoms with Gasteiger partial charge in [-0.25, -0.2) is 4.79 Å². The van der Waals surface area contributed by atoms with Gasteiger partial charge in [0.05, 0.1) is 0 Å². The Morgan fingerprint density at radius 3 is 2.63 bits per heavy atom. The van der Waals surface area contributed by atoms with Crippen LogP contribution >= 0.6 is 15.9 Å². The van der Waals surface area contributed by atoms with Gasteiger partial charge in [0.2, 0.25) is 5.91 Å². The smallest absolute Gasteiger partial charge is 0.315 e. The van der Waals surface area contributed by atoms with E-state index in [1.54, 1.807) is 14.1 Å². The van der Waals surface area contributed by atoms with Crippen molar-refractivity contribution >= 4 is 27.9 Å². The number of amides is 3. The highest BCUT2D eigenvalue weighted by Crippen LogP contribution is 2.11. The Bertz CT molecular complexity index is 449. The minimum atomic E-state index is -0.272. The fourth-order valence-electron chi connectivity index (χ4n) is 1.40. The van der Waals surface area contributed by atoms with Crippen molar-refractivity contribution in [3.05, 3.63) is 34.3 Å². The van der Waals surface area contributed by atoms with E-state index in [0.717, 1.165) is 10.0 Å². The van der Waals surface area contributed by atoms with Gasteiger partial charge in [-0.1, -0.05) is 28.1 Å². The van der Waals surface area contributed by atoms with Gasteiger partial charge in [0.25, 0.3) is 0 Å². The molecule has 6 heteroatoms. The van der Waals surface area contributed by atoms with E-state index < -0.39 is 0 Å². The van der Waals surface area contributed by atoms with Crippen LogP contribution in [0.15, 0.2) is 28.7 Å². The molecular formula is C13H18BrN3O2. The number of urea groups is 1. The van der Waals surface area contributed by atoms with Crippen LogP contribution in [0, 0.1) is 0 Å². The third-order valence-corrected chi connectivity index (χ3v) is 2.96. The minimum Gasteiger partial charge on any atom is -0.349 e. The lowest BCUT2D eigenvalue weighted by atomic mass is 10.2. The quantitative estimate of drug-likeness (QED) is 0.865. The summed E-state index contributed by atoms with van der Waals surface area (Å²) in [4.78, 5) is 24.3. The van der Waals surface area contributed by atoms with Crippen LogP contribution in [0.3, 0.4) is 0 Å². The van der Waals surface area contributed by atoms with Gasteiger partial charge < -0.3 is 15.5 Å². The molecule has 0 fully saturated rings. The molecule has 0 atom stereocenters. The lowest BCUT2D eigenvalue weighted by molar-refractivity contribution is -0.128. The van der Waals surface area contributed by atoms with E-state index in [1.807, 2.05) is 24.3 Å². The van der Waals surface area contributed by atoms with Crippen LogP contribution in [0.25, 0.3) is 0 Å². The molecule has 0 radical (unpaired) electrons. The number of carbonyl (C=O) groups is 2. The van der Waals surface area contributed by atoms with Crippen molar-refractivity contribution in [3.63, 3.8) is 0 Å². The number of nitrogens with one attached hydrogen (secondary N) is 2. The van der Waals surface area contributed by atoms with E-state index in [9.17, 15) is 9.59 Å². The molecule has 0 heterocycles. The molecular weight excluding hydrogens is 310 g/mol. The molecule has 19 heavy (non-hydrogen) atoms. The molecule has 0 bridgehead atoms. The van der Waals surface area contributed by atoms with Crippen molar-refractivity contribution in [3.8, 4) is 0 Å². The van der Waals surface area contributed by atoms with Crippen LogP contribution in [-0.2, 0) is 11.3 Å². The summed E-state index contributed by atoms with van der Waals surface area (Å²) < 4.78 is 0.976. The third kappa shape index (κ3) is 6.24. The topological polar surface area (TPSA) is 61.4 Å². The van der Waals surface area contributed by atoms with Crippen molar-refractivity contribution < 1.29 is 9.59 Å². The molecule has 0 aliphatic carbocycles. The fraction of sp³-hybridized carbons (Fsp3) is 0.385. The molecule has 1 rings (SSSR count). The van der Waals surface area contributed by atoms with E-state index in [0.29, 0.717) is 19.5 Å². The Hall–Kier alpha value is -1.56. The second-order valence-electron chi connectivity index (χ2n) is 4.28. The molecule has 0 aliphatic heterocycles. The second kappa shape index (κ2) is 7.78. The third-order valence-electron chi connectivity index (χ3n) is 2.47. The molecule has 0 unspecified atom stereocenters. The van der Waals surface area contributed by atoms with Crippen molar-refractivity contribution in [1.29, 1.82) is 0 Å². The minimum absolute atomic E-state index is 0.00714. The van der Waals surface area contributed by atoms with E-state index in [2.05, 4.69) is 26.6 Å². The van der Waals surface area contributed by atoms with E-state index in [1.165, 1.54) is 4.90 Å². The summed E-state index contributed by atoms with van der Waals surface area (Å²) in [6.45, 7) is 0.786. The SMILES string of the molecule is CN(C)C(=O)CCNC(=O)NCc1cccc(Br)c1. The molecule has 0 aromatic heterocycles. The van der Waals surface area contributed by atoms with Gasteiger partial charge in [0, 0.05) is 38.1 Å². The first kappa shape index (κ1) is 15.5. The molecule has 0 aliphatic rings. The van der Waals surface area contributed by atoms with Crippen molar-refractivity contribution in [2.75, 3.05) is 20.6 Å². The Labute approximate surface area is 121 Å². The van der Waals surface area contributed by atoms with Crippen LogP contribution in [0.4, 0.5) is 4.79 Å². The average molecular weight is 328 g/mol. The van der Waals surface area contributed by atoms with Crippen LogP contribution in [0.1, 0.15) is 12.0 Å². The maximum Gasteiger partial charge on any atom is 0.315 e. The summed E-state index contributed by atoms with van der Waals surface area (Å²) in [5, 5.41) is 5.38. The number of halogens is 1. The highest BCUT2D eigenvalue weighted by atomic mass is 79.9. The molecule has 3 amide bonds. The number of rotatable bonds is 5. The van der Waals surface area contributed by atoms with Crippen molar-refractivity contribution in [2.24, 2.45) is 0 Å². The number of hydrogen-bond donors (Lipinski definition) is 2. The zero-order chi connectivity index (χ0) is 14.3. The highest BCUT2D eigenvalue weighted by Gasteiger charge is 2.05. The lowest BCUT2D eigenvalue weighted by Gasteiger charge is -2.11. The molecule has 2 N–H and O–H groups in total. The summed E-state index contributed by atoms with van der Waals surface area (Å²) in [5.41, 5.74) is 1.01. The molecule has 104 valence electrons. The molecule has 5 nitrogen and oxygen atoms in total. The summed E-state index contributed by atoms with van der Waals surface area (Å²) in [5.74, 6) is -0.00714. The Morgan fingerprint density at radius 1 is 1.26 bits per heavy atom. The maximum atomic E-state index is 11.5. The van der Waals surface area contributed by atoms with Gasteiger partial charge in [0.1, 0.15) is 0 Å². The van der Waals surface area contributed by atoms with Crippen LogP contribution in [0.2, 0.25) is 0 Å². The van der Waals surface area contributed by atoms with Crippen LogP contribution in [0.5, 0.6) is 0 Å². The first-order chi connectivity index (χ1) is 8.99. The van der Waals surface area contributed by atoms with Crippen LogP contribution < -0.4 is 10.6 Å². The van der Waals surface area contributed by atoms with Gasteiger partial charge >= 0.3 is 6.03 Å². The summed E-state index contributed by atoms with van der Waals surface area (Å²) >= 11 is 3.37. The van der Waals surface area contributed by atoms with E-state index in [-0.39, 0.29) is 11.9 Å². The summed E-state index contributed by atoms with van der Waals surface area (Å²) in [6.07, 6.45) is 0.303. The maximum absolute atomic E-state index is 11.5. The number of nitrogens with zero attached hydrogens (tertiary/aromatic N) is 1. The van der Waals surface area contributed by atoms with Crippen LogP contribution in [-0.4, -0.2) is 37.5 Å². The van der Waals surface area contributed by atoms with Gasteiger partial charge in [-0.05, 0) is 17.7 Å². The zero-order valence-electron chi connectivity index (χ0n) is 11.1. The largest absolute Gasteiger partial charge is 0.349 e. The summed E-state index contributed by atoms with van der Waals surface area (Å²) in [6, 6.07) is 7.44. The predicted molar refractivity (Wildman–Crippen MR) is 77.7 cm³/mol. The molecule has 1 aromatic carbocycles. The van der Waals surface area contributed by atoms with E-state index in [4.69, 9.17) is 0 Å². The molecule has 0 saturated carbocycles. The van der Waals surface area contributed by atoms with Crippen molar-refractivity contribution in [1.82, 2.24) is 15.5 Å². The van der Waals surface area contributed by atoms with Gasteiger partial charge in [-0.3, -0.25) is 4.79 Å². The first-order valence-corrected chi connectivity index (χ1v) is 6.74. The molecule has 0 saturated heterocycles. The summed E-state index contributed by atoms with van der Waals surface area (Å²) in [7, 11) is 3.38.